The maximum atomic E-state index is 5.22. The van der Waals surface area contributed by atoms with Crippen LogP contribution in [-0.4, -0.2) is 13.2 Å². The van der Waals surface area contributed by atoms with Gasteiger partial charge in [0.1, 0.15) is 0 Å². The molecule has 29 heavy (non-hydrogen) atoms. The molecule has 1 fully saturated rings. The normalized spacial score (nSPS) is 22.5. The van der Waals surface area contributed by atoms with Crippen molar-refractivity contribution in [3.05, 3.63) is 48.1 Å². The van der Waals surface area contributed by atoms with Crippen molar-refractivity contribution in [3.63, 3.8) is 0 Å². The summed E-state index contributed by atoms with van der Waals surface area (Å²) in [5.74, 6) is 2.61. The lowest BCUT2D eigenvalue weighted by atomic mass is 9.92. The number of fused-ring (bicyclic) bond motifs is 1. The fourth-order valence-corrected chi connectivity index (χ4v) is 3.75. The zero-order chi connectivity index (χ0) is 22.3. The second kappa shape index (κ2) is 23.2. The van der Waals surface area contributed by atoms with E-state index < -0.39 is 0 Å². The van der Waals surface area contributed by atoms with Crippen molar-refractivity contribution in [3.8, 4) is 0 Å². The first-order valence-corrected chi connectivity index (χ1v) is 12.6. The zero-order valence-corrected chi connectivity index (χ0v) is 21.0. The predicted molar refractivity (Wildman–Crippen MR) is 135 cm³/mol. The van der Waals surface area contributed by atoms with E-state index in [4.69, 9.17) is 4.74 Å². The topological polar surface area (TPSA) is 9.23 Å². The van der Waals surface area contributed by atoms with Gasteiger partial charge in [-0.1, -0.05) is 110 Å². The number of hydrogen-bond acceptors (Lipinski definition) is 1. The van der Waals surface area contributed by atoms with Crippen LogP contribution in [0.2, 0.25) is 0 Å². The van der Waals surface area contributed by atoms with Gasteiger partial charge in [-0.3, -0.25) is 0 Å². The molecular formula is C28H52O. The molecule has 0 bridgehead atoms. The molecule has 2 unspecified atom stereocenters. The molecule has 3 aliphatic carbocycles. The molecule has 3 rings (SSSR count). The van der Waals surface area contributed by atoms with Crippen LogP contribution >= 0.6 is 0 Å². The van der Waals surface area contributed by atoms with Gasteiger partial charge in [0, 0.05) is 13.2 Å². The van der Waals surface area contributed by atoms with Crippen LogP contribution in [0.25, 0.3) is 0 Å². The second-order valence-electron chi connectivity index (χ2n) is 7.06. The third-order valence-corrected chi connectivity index (χ3v) is 4.98. The Morgan fingerprint density at radius 1 is 0.793 bits per heavy atom. The Morgan fingerprint density at radius 3 is 1.83 bits per heavy atom. The van der Waals surface area contributed by atoms with Crippen LogP contribution < -0.4 is 0 Å². The smallest absolute Gasteiger partial charge is 0.0465 e. The summed E-state index contributed by atoms with van der Waals surface area (Å²) in [4.78, 5) is 0. The third kappa shape index (κ3) is 14.5. The monoisotopic (exact) mass is 404 g/mol. The minimum Gasteiger partial charge on any atom is -0.381 e. The molecule has 170 valence electrons. The summed E-state index contributed by atoms with van der Waals surface area (Å²) in [6, 6.07) is 0. The van der Waals surface area contributed by atoms with E-state index in [0.29, 0.717) is 0 Å². The van der Waals surface area contributed by atoms with Gasteiger partial charge in [-0.15, -0.1) is 0 Å². The fourth-order valence-electron chi connectivity index (χ4n) is 3.75. The van der Waals surface area contributed by atoms with Gasteiger partial charge in [0.25, 0.3) is 0 Å². The molecule has 1 saturated carbocycles. The van der Waals surface area contributed by atoms with Crippen molar-refractivity contribution in [1.29, 1.82) is 0 Å². The van der Waals surface area contributed by atoms with E-state index in [9.17, 15) is 0 Å². The Balaban J connectivity index is 0. The van der Waals surface area contributed by atoms with Gasteiger partial charge in [-0.25, -0.2) is 0 Å². The van der Waals surface area contributed by atoms with Crippen LogP contribution in [0.15, 0.2) is 48.1 Å². The largest absolute Gasteiger partial charge is 0.381 e. The maximum absolute atomic E-state index is 5.22. The average Bonchev–Trinajstić information content (AvgIpc) is 3.45. The Labute approximate surface area is 184 Å². The summed E-state index contributed by atoms with van der Waals surface area (Å²) in [5, 5.41) is 0. The highest BCUT2D eigenvalue weighted by Gasteiger charge is 2.31. The maximum Gasteiger partial charge on any atom is 0.0465 e. The number of unbranched alkanes of at least 4 members (excludes halogenated alkanes) is 1. The van der Waals surface area contributed by atoms with Crippen LogP contribution in [-0.2, 0) is 4.74 Å². The molecule has 0 amide bonds. The van der Waals surface area contributed by atoms with Gasteiger partial charge in [-0.2, -0.15) is 0 Å². The number of ether oxygens (including phenoxy) is 1. The first kappa shape index (κ1) is 30.1. The molecule has 0 radical (unpaired) electrons. The Bertz CT molecular complexity index is 415. The van der Waals surface area contributed by atoms with Gasteiger partial charge < -0.3 is 4.74 Å². The van der Waals surface area contributed by atoms with Crippen molar-refractivity contribution < 1.29 is 4.74 Å². The Kier molecular flexibility index (Phi) is 24.1. The molecule has 0 spiro atoms. The van der Waals surface area contributed by atoms with Gasteiger partial charge in [0.2, 0.25) is 0 Å². The summed E-state index contributed by atoms with van der Waals surface area (Å²) in [7, 11) is 0. The summed E-state index contributed by atoms with van der Waals surface area (Å²) in [6.07, 6.45) is 25.0. The lowest BCUT2D eigenvalue weighted by molar-refractivity contribution is 0.132. The molecule has 0 aromatic rings. The van der Waals surface area contributed by atoms with Crippen molar-refractivity contribution in [2.24, 2.45) is 17.8 Å². The second-order valence-corrected chi connectivity index (χ2v) is 7.06. The first-order chi connectivity index (χ1) is 14.3. The minimum absolute atomic E-state index is 0.843. The van der Waals surface area contributed by atoms with E-state index in [1.165, 1.54) is 38.5 Å². The number of rotatable bonds is 7. The van der Waals surface area contributed by atoms with Gasteiger partial charge in [0.05, 0.1) is 0 Å². The average molecular weight is 405 g/mol. The molecule has 0 saturated heterocycles. The third-order valence-electron chi connectivity index (χ3n) is 4.98. The molecule has 0 heterocycles. The fraction of sp³-hybridized carbons (Fsp3) is 0.714. The summed E-state index contributed by atoms with van der Waals surface area (Å²) >= 11 is 0. The van der Waals surface area contributed by atoms with E-state index >= 15 is 0 Å². The van der Waals surface area contributed by atoms with Crippen LogP contribution in [0.3, 0.4) is 0 Å². The first-order valence-electron chi connectivity index (χ1n) is 12.6. The molecule has 0 N–H and O–H groups in total. The molecule has 3 aliphatic rings. The van der Waals surface area contributed by atoms with E-state index in [1.807, 2.05) is 41.5 Å². The highest BCUT2D eigenvalue weighted by molar-refractivity contribution is 5.24. The molecular weight excluding hydrogens is 352 g/mol. The zero-order valence-electron chi connectivity index (χ0n) is 21.0. The van der Waals surface area contributed by atoms with Crippen molar-refractivity contribution >= 4 is 0 Å². The summed E-state index contributed by atoms with van der Waals surface area (Å²) < 4.78 is 5.22. The number of allylic oxidation sites excluding steroid dienone is 8. The highest BCUT2D eigenvalue weighted by Crippen LogP contribution is 2.42. The molecule has 1 heteroatoms. The standard InChI is InChI=1S/C15H18.C7H16O.3C2H6/c1-2-6-12(5-1)9-13-10-14-7-3-4-8-15(14)11-13;1-3-5-7-8-6-4-2;3*1-2/h1-5,7-8,13-15H,6,9-11H2;3-7H2,1-2H3;3*1-2H3. The summed E-state index contributed by atoms with van der Waals surface area (Å²) in [6.45, 7) is 18.2. The van der Waals surface area contributed by atoms with E-state index in [0.717, 1.165) is 37.4 Å². The Hall–Kier alpha value is -1.08. The van der Waals surface area contributed by atoms with Gasteiger partial charge >= 0.3 is 0 Å². The molecule has 0 aromatic heterocycles. The van der Waals surface area contributed by atoms with Crippen LogP contribution in [0.5, 0.6) is 0 Å². The molecule has 1 nitrogen and oxygen atoms in total. The van der Waals surface area contributed by atoms with Crippen LogP contribution in [0, 0.1) is 17.8 Å². The van der Waals surface area contributed by atoms with Crippen molar-refractivity contribution in [2.45, 2.75) is 100 Å². The van der Waals surface area contributed by atoms with Crippen LogP contribution in [0.4, 0.5) is 0 Å². The lowest BCUT2D eigenvalue weighted by Gasteiger charge is -2.13. The van der Waals surface area contributed by atoms with Crippen molar-refractivity contribution in [2.75, 3.05) is 13.2 Å². The predicted octanol–water partition coefficient (Wildman–Crippen LogP) is 9.32. The van der Waals surface area contributed by atoms with E-state index in [1.54, 1.807) is 5.57 Å². The number of hydrogen-bond donors (Lipinski definition) is 0. The molecule has 2 atom stereocenters. The minimum atomic E-state index is 0.843. The Morgan fingerprint density at radius 2 is 1.38 bits per heavy atom. The van der Waals surface area contributed by atoms with Crippen LogP contribution in [0.1, 0.15) is 100 Å². The van der Waals surface area contributed by atoms with Gasteiger partial charge in [-0.05, 0) is 56.3 Å². The van der Waals surface area contributed by atoms with E-state index in [-0.39, 0.29) is 0 Å². The van der Waals surface area contributed by atoms with Gasteiger partial charge in [0.15, 0.2) is 0 Å². The van der Waals surface area contributed by atoms with E-state index in [2.05, 4.69) is 56.4 Å². The molecule has 0 aromatic carbocycles. The van der Waals surface area contributed by atoms with Crippen molar-refractivity contribution in [1.82, 2.24) is 0 Å². The highest BCUT2D eigenvalue weighted by atomic mass is 16.5. The SMILES string of the molecule is C1=CCC(CC2CC3C=CC=CC3C2)=C1.CC.CC.CC.CCCCOCCC. The summed E-state index contributed by atoms with van der Waals surface area (Å²) in [5.41, 5.74) is 1.65. The quantitative estimate of drug-likeness (QED) is 0.384. The lowest BCUT2D eigenvalue weighted by Crippen LogP contribution is -2.03. The molecule has 0 aliphatic heterocycles.